The van der Waals surface area contributed by atoms with Gasteiger partial charge < -0.3 is 15.5 Å². The second-order valence-corrected chi connectivity index (χ2v) is 7.70. The molecule has 2 N–H and O–H groups in total. The molecule has 4 rings (SSSR count). The van der Waals surface area contributed by atoms with Crippen LogP contribution in [0.15, 0.2) is 104 Å². The molecule has 2 aromatic carbocycles. The van der Waals surface area contributed by atoms with Crippen molar-refractivity contribution >= 4 is 28.8 Å². The summed E-state index contributed by atoms with van der Waals surface area (Å²) in [5.74, 6) is 1.45. The molecular formula is C27H25N5O. The zero-order chi connectivity index (χ0) is 23.0. The third kappa shape index (κ3) is 6.04. The Labute approximate surface area is 193 Å². The first-order valence-electron chi connectivity index (χ1n) is 10.6. The van der Waals surface area contributed by atoms with Gasteiger partial charge in [-0.3, -0.25) is 4.79 Å². The summed E-state index contributed by atoms with van der Waals surface area (Å²) < 4.78 is 0. The highest BCUT2D eigenvalue weighted by atomic mass is 16.1. The van der Waals surface area contributed by atoms with E-state index in [0.717, 1.165) is 28.3 Å². The van der Waals surface area contributed by atoms with Crippen LogP contribution in [-0.4, -0.2) is 34.7 Å². The highest BCUT2D eigenvalue weighted by Crippen LogP contribution is 2.25. The number of nitrogens with zero attached hydrogens (tertiary/aromatic N) is 3. The zero-order valence-corrected chi connectivity index (χ0v) is 18.6. The van der Waals surface area contributed by atoms with Crippen molar-refractivity contribution in [2.75, 3.05) is 24.7 Å². The van der Waals surface area contributed by atoms with Gasteiger partial charge in [0.1, 0.15) is 11.6 Å². The molecule has 0 aliphatic carbocycles. The van der Waals surface area contributed by atoms with Crippen LogP contribution >= 0.6 is 0 Å². The topological polar surface area (TPSA) is 70.2 Å². The number of carbonyl (C=O) groups is 1. The van der Waals surface area contributed by atoms with E-state index < -0.39 is 0 Å². The third-order valence-electron chi connectivity index (χ3n) is 4.87. The van der Waals surface area contributed by atoms with E-state index in [1.54, 1.807) is 36.8 Å². The predicted octanol–water partition coefficient (Wildman–Crippen LogP) is 5.89. The smallest absolute Gasteiger partial charge is 0.187 e. The van der Waals surface area contributed by atoms with E-state index in [4.69, 9.17) is 0 Å². The largest absolute Gasteiger partial charge is 0.383 e. The van der Waals surface area contributed by atoms with Gasteiger partial charge in [0, 0.05) is 55.7 Å². The van der Waals surface area contributed by atoms with E-state index >= 15 is 0 Å². The summed E-state index contributed by atoms with van der Waals surface area (Å²) in [4.78, 5) is 22.9. The average molecular weight is 436 g/mol. The molecule has 0 unspecified atom stereocenters. The average Bonchev–Trinajstić information content (AvgIpc) is 2.84. The Morgan fingerprint density at radius 3 is 1.85 bits per heavy atom. The fourth-order valence-electron chi connectivity index (χ4n) is 3.20. The molecule has 0 saturated carbocycles. The Morgan fingerprint density at radius 1 is 0.758 bits per heavy atom. The number of aromatic nitrogens is 2. The first kappa shape index (κ1) is 21.8. The molecule has 0 aliphatic rings. The van der Waals surface area contributed by atoms with Gasteiger partial charge in [-0.05, 0) is 71.8 Å². The van der Waals surface area contributed by atoms with E-state index in [9.17, 15) is 4.79 Å². The molecule has 164 valence electrons. The molecule has 2 heterocycles. The molecule has 0 bridgehead atoms. The SMILES string of the molecule is CN(C)C=CC(=O)c1ccc(Nc2cc(-c3ccnc(Nc4ccccc4)c3)ccn2)cc1. The van der Waals surface area contributed by atoms with Crippen LogP contribution in [-0.2, 0) is 0 Å². The molecule has 0 spiro atoms. The van der Waals surface area contributed by atoms with Crippen LogP contribution < -0.4 is 10.6 Å². The number of rotatable bonds is 8. The first-order chi connectivity index (χ1) is 16.1. The van der Waals surface area contributed by atoms with Crippen molar-refractivity contribution in [1.29, 1.82) is 0 Å². The normalized spacial score (nSPS) is 10.7. The van der Waals surface area contributed by atoms with Crippen LogP contribution in [0.2, 0.25) is 0 Å². The molecule has 33 heavy (non-hydrogen) atoms. The number of hydrogen-bond acceptors (Lipinski definition) is 6. The summed E-state index contributed by atoms with van der Waals surface area (Å²) in [6, 6.07) is 25.2. The Kier molecular flexibility index (Phi) is 6.75. The van der Waals surface area contributed by atoms with Gasteiger partial charge in [-0.15, -0.1) is 0 Å². The van der Waals surface area contributed by atoms with E-state index in [1.807, 2.05) is 85.7 Å². The fourth-order valence-corrected chi connectivity index (χ4v) is 3.20. The fraction of sp³-hybridized carbons (Fsp3) is 0.0741. The minimum atomic E-state index is -0.0343. The van der Waals surface area contributed by atoms with Gasteiger partial charge in [0.25, 0.3) is 0 Å². The summed E-state index contributed by atoms with van der Waals surface area (Å²) in [5.41, 5.74) is 4.53. The number of ketones is 1. The lowest BCUT2D eigenvalue weighted by molar-refractivity contribution is 0.104. The monoisotopic (exact) mass is 435 g/mol. The Hall–Kier alpha value is -4.45. The summed E-state index contributed by atoms with van der Waals surface area (Å²) in [6.07, 6.45) is 6.86. The Bertz CT molecular complexity index is 1250. The van der Waals surface area contributed by atoms with Gasteiger partial charge in [-0.2, -0.15) is 0 Å². The van der Waals surface area contributed by atoms with Crippen molar-refractivity contribution in [3.63, 3.8) is 0 Å². The van der Waals surface area contributed by atoms with Crippen molar-refractivity contribution in [1.82, 2.24) is 14.9 Å². The zero-order valence-electron chi connectivity index (χ0n) is 18.6. The first-order valence-corrected chi connectivity index (χ1v) is 10.6. The molecule has 0 radical (unpaired) electrons. The highest BCUT2D eigenvalue weighted by molar-refractivity contribution is 6.04. The van der Waals surface area contributed by atoms with Gasteiger partial charge in [-0.1, -0.05) is 18.2 Å². The Morgan fingerprint density at radius 2 is 1.30 bits per heavy atom. The number of pyridine rings is 2. The van der Waals surface area contributed by atoms with Crippen molar-refractivity contribution in [2.24, 2.45) is 0 Å². The quantitative estimate of drug-likeness (QED) is 0.266. The number of allylic oxidation sites excluding steroid dienone is 1. The standard InChI is InChI=1S/C27H25N5O/c1-32(2)17-14-25(33)20-8-10-24(11-9-20)31-27-19-22(13-16-29-27)21-12-15-28-26(18-21)30-23-6-4-3-5-7-23/h3-19H,1-2H3,(H,28,30)(H,29,31). The summed E-state index contributed by atoms with van der Waals surface area (Å²) >= 11 is 0. The lowest BCUT2D eigenvalue weighted by atomic mass is 10.1. The van der Waals surface area contributed by atoms with E-state index in [0.29, 0.717) is 11.4 Å². The number of anilines is 4. The molecule has 0 fully saturated rings. The van der Waals surface area contributed by atoms with Gasteiger partial charge in [0.2, 0.25) is 0 Å². The van der Waals surface area contributed by atoms with E-state index in [-0.39, 0.29) is 5.78 Å². The number of carbonyl (C=O) groups excluding carboxylic acids is 1. The van der Waals surface area contributed by atoms with Crippen molar-refractivity contribution in [3.8, 4) is 11.1 Å². The molecule has 2 aromatic heterocycles. The minimum Gasteiger partial charge on any atom is -0.383 e. The maximum absolute atomic E-state index is 12.2. The van der Waals surface area contributed by atoms with Crippen LogP contribution in [0.5, 0.6) is 0 Å². The van der Waals surface area contributed by atoms with Gasteiger partial charge >= 0.3 is 0 Å². The van der Waals surface area contributed by atoms with Crippen LogP contribution in [0.4, 0.5) is 23.0 Å². The number of para-hydroxylation sites is 1. The molecular weight excluding hydrogens is 410 g/mol. The maximum Gasteiger partial charge on any atom is 0.187 e. The van der Waals surface area contributed by atoms with Crippen LogP contribution in [0.25, 0.3) is 11.1 Å². The van der Waals surface area contributed by atoms with Crippen LogP contribution in [0, 0.1) is 0 Å². The van der Waals surface area contributed by atoms with Crippen LogP contribution in [0.3, 0.4) is 0 Å². The molecule has 0 atom stereocenters. The molecule has 6 nitrogen and oxygen atoms in total. The van der Waals surface area contributed by atoms with Crippen molar-refractivity contribution < 1.29 is 4.79 Å². The highest BCUT2D eigenvalue weighted by Gasteiger charge is 2.05. The predicted molar refractivity (Wildman–Crippen MR) is 134 cm³/mol. The van der Waals surface area contributed by atoms with E-state index in [1.165, 1.54) is 0 Å². The second kappa shape index (κ2) is 10.2. The van der Waals surface area contributed by atoms with Gasteiger partial charge in [0.05, 0.1) is 0 Å². The number of nitrogens with one attached hydrogen (secondary N) is 2. The molecule has 6 heteroatoms. The van der Waals surface area contributed by atoms with Crippen LogP contribution in [0.1, 0.15) is 10.4 Å². The third-order valence-corrected chi connectivity index (χ3v) is 4.87. The lowest BCUT2D eigenvalue weighted by Crippen LogP contribution is -2.03. The summed E-state index contributed by atoms with van der Waals surface area (Å²) in [5, 5.41) is 6.63. The molecule has 0 aliphatic heterocycles. The van der Waals surface area contributed by atoms with Crippen molar-refractivity contribution in [2.45, 2.75) is 0 Å². The van der Waals surface area contributed by atoms with Crippen molar-refractivity contribution in [3.05, 3.63) is 109 Å². The minimum absolute atomic E-state index is 0.0343. The van der Waals surface area contributed by atoms with E-state index in [2.05, 4.69) is 20.6 Å². The van der Waals surface area contributed by atoms with Gasteiger partial charge in [-0.25, -0.2) is 9.97 Å². The lowest BCUT2D eigenvalue weighted by Gasteiger charge is -2.10. The Balaban J connectivity index is 1.47. The molecule has 0 amide bonds. The summed E-state index contributed by atoms with van der Waals surface area (Å²) in [7, 11) is 3.76. The van der Waals surface area contributed by atoms with Gasteiger partial charge in [0.15, 0.2) is 5.78 Å². The molecule has 4 aromatic rings. The summed E-state index contributed by atoms with van der Waals surface area (Å²) in [6.45, 7) is 0. The number of hydrogen-bond donors (Lipinski definition) is 2. The number of benzene rings is 2. The second-order valence-electron chi connectivity index (χ2n) is 7.70. The maximum atomic E-state index is 12.2. The molecule has 0 saturated heterocycles.